The molecule has 72 heavy (non-hydrogen) atoms. The number of benzene rings is 8. The van der Waals surface area contributed by atoms with Crippen molar-refractivity contribution in [3.05, 3.63) is 254 Å². The van der Waals surface area contributed by atoms with Gasteiger partial charge in [-0.25, -0.2) is 14.6 Å². The number of halogens is 6. The molecule has 10 aromatic rings. The van der Waals surface area contributed by atoms with Gasteiger partial charge >= 0.3 is 24.3 Å². The Kier molecular flexibility index (Phi) is 21.4. The van der Waals surface area contributed by atoms with Crippen molar-refractivity contribution in [1.29, 1.82) is 0 Å². The van der Waals surface area contributed by atoms with Crippen molar-refractivity contribution in [2.45, 2.75) is 6.92 Å². The first-order valence-corrected chi connectivity index (χ1v) is 26.5. The van der Waals surface area contributed by atoms with Crippen LogP contribution in [0.2, 0.25) is 0 Å². The van der Waals surface area contributed by atoms with Crippen molar-refractivity contribution in [1.82, 2.24) is 19.7 Å². The largest absolute Gasteiger partial charge is 1.00 e. The van der Waals surface area contributed by atoms with Crippen LogP contribution in [-0.2, 0) is 17.1 Å². The van der Waals surface area contributed by atoms with Crippen LogP contribution in [0.1, 0.15) is 5.69 Å². The van der Waals surface area contributed by atoms with Gasteiger partial charge in [0.15, 0.2) is 23.1 Å². The van der Waals surface area contributed by atoms with Gasteiger partial charge in [-0.15, -0.1) is 28.3 Å². The summed E-state index contributed by atoms with van der Waals surface area (Å²) < 4.78 is 47.8. The average Bonchev–Trinajstić information content (AvgIpc) is 3.86. The molecular weight excluding hydrogens is 1040 g/mol. The quantitative estimate of drug-likeness (QED) is 0.0561. The van der Waals surface area contributed by atoms with Crippen molar-refractivity contribution in [2.24, 2.45) is 0 Å². The van der Waals surface area contributed by atoms with Crippen molar-refractivity contribution >= 4 is 78.1 Å². The number of hydrogen-bond donors (Lipinski definition) is 0. The van der Waals surface area contributed by atoms with Gasteiger partial charge in [-0.2, -0.15) is 0 Å². The van der Waals surface area contributed by atoms with E-state index in [1.165, 1.54) is 31.8 Å². The monoisotopic (exact) mass is 1090 g/mol. The Morgan fingerprint density at radius 3 is 1.19 bits per heavy atom. The first-order chi connectivity index (χ1) is 34.6. The molecule has 0 radical (unpaired) electrons. The number of aromatic nitrogens is 4. The molecule has 0 aliphatic carbocycles. The second kappa shape index (κ2) is 28.0. The Morgan fingerprint density at radius 1 is 0.458 bits per heavy atom. The van der Waals surface area contributed by atoms with Crippen molar-refractivity contribution in [3.8, 4) is 40.1 Å². The molecule has 0 bridgehead atoms. The van der Waals surface area contributed by atoms with Crippen LogP contribution >= 0.6 is 39.0 Å². The number of rotatable bonds is 11. The van der Waals surface area contributed by atoms with Gasteiger partial charge in [0.25, 0.3) is 0 Å². The Labute approximate surface area is 441 Å². The average molecular weight is 1090 g/mol. The Bertz CT molecular complexity index is 2950. The summed E-state index contributed by atoms with van der Waals surface area (Å²) in [5, 5.41) is 12.8. The Balaban J connectivity index is 0.000000218. The molecule has 0 aliphatic heterocycles. The third-order valence-corrected chi connectivity index (χ3v) is 16.1. The molecule has 0 fully saturated rings. The van der Waals surface area contributed by atoms with Gasteiger partial charge in [0.05, 0.1) is 11.0 Å². The summed E-state index contributed by atoms with van der Waals surface area (Å²) in [6.07, 6.45) is 0. The Morgan fingerprint density at radius 2 is 0.806 bits per heavy atom. The molecule has 5 nitrogen and oxygen atoms in total. The summed E-state index contributed by atoms with van der Waals surface area (Å²) in [7, 11) is -8.56. The van der Waals surface area contributed by atoms with E-state index in [2.05, 4.69) is 175 Å². The fourth-order valence-corrected chi connectivity index (χ4v) is 12.9. The number of alkyl halides is 2. The molecule has 0 amide bonds. The minimum Gasteiger partial charge on any atom is -0.449 e. The van der Waals surface area contributed by atoms with Gasteiger partial charge in [-0.3, -0.25) is 0 Å². The molecule has 0 atom stereocenters. The normalized spacial score (nSPS) is 10.6. The Hall–Kier alpha value is -6.41. The SMILES string of the molecule is Cc1cccc(-c2nc(-c3ccccc3)nn2-c2ccccc2)n1.ClCCl.F[B-](F)(F)F.[Cu+].c1ccc([PH+](c2ccccc2)c2ccccc2Oc2ccccc2[PH+](c2ccccc2)c2ccccc2)cc1. The number of para-hydroxylation sites is 3. The van der Waals surface area contributed by atoms with E-state index in [9.17, 15) is 17.3 Å². The molecule has 8 aromatic carbocycles. The van der Waals surface area contributed by atoms with E-state index in [1.54, 1.807) is 0 Å². The van der Waals surface area contributed by atoms with E-state index in [0.717, 1.165) is 40.0 Å². The number of pyridine rings is 1. The van der Waals surface area contributed by atoms with Crippen LogP contribution in [0.5, 0.6) is 11.5 Å². The van der Waals surface area contributed by atoms with Crippen LogP contribution in [0.25, 0.3) is 28.6 Å². The predicted octanol–water partition coefficient (Wildman–Crippen LogP) is 13.5. The first-order valence-electron chi connectivity index (χ1n) is 22.4. The summed E-state index contributed by atoms with van der Waals surface area (Å²) in [4.78, 5) is 9.37. The van der Waals surface area contributed by atoms with Crippen molar-refractivity contribution in [3.63, 3.8) is 0 Å². The number of aryl methyl sites for hydroxylation is 1. The molecule has 0 N–H and O–H groups in total. The van der Waals surface area contributed by atoms with Crippen LogP contribution < -0.4 is 36.6 Å². The van der Waals surface area contributed by atoms with Gasteiger partial charge in [-0.1, -0.05) is 152 Å². The van der Waals surface area contributed by atoms with E-state index in [4.69, 9.17) is 38.0 Å². The van der Waals surface area contributed by atoms with E-state index >= 15 is 0 Å². The molecule has 10 rings (SSSR count). The second-order valence-corrected chi connectivity index (χ2v) is 21.1. The molecule has 366 valence electrons. The molecule has 0 spiro atoms. The second-order valence-electron chi connectivity index (χ2n) is 15.4. The maximum atomic E-state index is 9.75. The third-order valence-electron chi connectivity index (χ3n) is 10.5. The maximum Gasteiger partial charge on any atom is 1.00 e. The molecular formula is C57H48BCl2CuF4N4OP2+2. The van der Waals surface area contributed by atoms with Crippen LogP contribution in [0, 0.1) is 6.92 Å². The molecule has 0 saturated carbocycles. The minimum atomic E-state index is -6.00. The van der Waals surface area contributed by atoms with E-state index in [-0.39, 0.29) is 22.4 Å². The zero-order chi connectivity index (χ0) is 49.8. The van der Waals surface area contributed by atoms with E-state index < -0.39 is 23.1 Å². The summed E-state index contributed by atoms with van der Waals surface area (Å²) in [5.41, 5.74) is 3.72. The zero-order valence-corrected chi connectivity index (χ0v) is 43.2. The number of hydrogen-bond acceptors (Lipinski definition) is 4. The smallest absolute Gasteiger partial charge is 0.449 e. The van der Waals surface area contributed by atoms with Gasteiger partial charge in [-0.05, 0) is 104 Å². The van der Waals surface area contributed by atoms with Gasteiger partial charge in [0, 0.05) is 11.3 Å². The molecule has 2 aromatic heterocycles. The molecule has 2 heterocycles. The first kappa shape index (κ1) is 54.9. The van der Waals surface area contributed by atoms with Crippen LogP contribution in [0.3, 0.4) is 0 Å². The summed E-state index contributed by atoms with van der Waals surface area (Å²) in [5.74, 6) is 3.28. The fourth-order valence-electron chi connectivity index (χ4n) is 7.62. The summed E-state index contributed by atoms with van der Waals surface area (Å²) in [6, 6.07) is 86.5. The van der Waals surface area contributed by atoms with Crippen LogP contribution in [-0.4, -0.2) is 32.3 Å². The molecule has 0 unspecified atom stereocenters. The van der Waals surface area contributed by atoms with E-state index in [1.807, 2.05) is 90.5 Å². The van der Waals surface area contributed by atoms with Gasteiger partial charge in [0.2, 0.25) is 0 Å². The predicted molar refractivity (Wildman–Crippen MR) is 295 cm³/mol. The number of nitrogens with zero attached hydrogens (tertiary/aromatic N) is 4. The van der Waals surface area contributed by atoms with Crippen molar-refractivity contribution < 1.29 is 39.1 Å². The molecule has 0 aliphatic rings. The zero-order valence-electron chi connectivity index (χ0n) is 38.7. The topological polar surface area (TPSA) is 52.8 Å². The van der Waals surface area contributed by atoms with Crippen molar-refractivity contribution in [2.75, 3.05) is 5.34 Å². The third kappa shape index (κ3) is 15.8. The summed E-state index contributed by atoms with van der Waals surface area (Å²) in [6.45, 7) is 1.98. The van der Waals surface area contributed by atoms with Crippen LogP contribution in [0.4, 0.5) is 17.3 Å². The van der Waals surface area contributed by atoms with Gasteiger partial charge in [0.1, 0.15) is 53.4 Å². The van der Waals surface area contributed by atoms with Crippen LogP contribution in [0.15, 0.2) is 249 Å². The minimum absolute atomic E-state index is 0. The van der Waals surface area contributed by atoms with E-state index in [0.29, 0.717) is 5.82 Å². The summed E-state index contributed by atoms with van der Waals surface area (Å²) >= 11 is 9.53. The fraction of sp³-hybridized carbons (Fsp3) is 0.0351. The number of ether oxygens (including phenoxy) is 1. The standard InChI is InChI=1S/C36H28OP2.C20H16N4.CH2Cl2.BF4.Cu/c1-5-17-29(18-6-1)38(30-19-7-2-8-20-30)35-27-15-13-25-33(35)37-34-26-14-16-28-36(34)39(31-21-9-3-10-22-31)32-23-11-4-12-24-32;1-15-9-8-14-18(21-15)20-22-19(16-10-4-2-5-11-16)23-24(20)17-12-6-3-7-13-17;2-1-3;2-1(3,4)5;/h1-28H;2-14H,1H3;1H2;;/q;;;-1;+1/p+2. The molecule has 0 saturated heterocycles. The van der Waals surface area contributed by atoms with Gasteiger partial charge < -0.3 is 22.0 Å². The molecule has 15 heteroatoms. The maximum absolute atomic E-state index is 9.75.